The minimum absolute atomic E-state index is 0.0157. The Balaban J connectivity index is 1.69. The Morgan fingerprint density at radius 3 is 2.43 bits per heavy atom. The Kier molecular flexibility index (Phi) is 5.34. The normalized spacial score (nSPS) is 19.4. The molecular formula is C21H26F3N3O. The van der Waals surface area contributed by atoms with E-state index in [2.05, 4.69) is 10.3 Å². The molecule has 0 atom stereocenters. The Hall–Kier alpha value is -2.05. The molecule has 2 aliphatic carbocycles. The van der Waals surface area contributed by atoms with Crippen LogP contribution in [0.3, 0.4) is 0 Å². The molecule has 7 heteroatoms. The molecule has 4 rings (SSSR count). The van der Waals surface area contributed by atoms with E-state index in [0.29, 0.717) is 29.5 Å². The lowest BCUT2D eigenvalue weighted by Gasteiger charge is -2.22. The first-order valence-corrected chi connectivity index (χ1v) is 10.3. The Bertz CT molecular complexity index is 846. The van der Waals surface area contributed by atoms with Gasteiger partial charge in [-0.3, -0.25) is 4.79 Å². The van der Waals surface area contributed by atoms with Crippen molar-refractivity contribution in [1.29, 1.82) is 0 Å². The lowest BCUT2D eigenvalue weighted by Crippen LogP contribution is -2.22. The molecule has 0 bridgehead atoms. The molecule has 2 saturated carbocycles. The second kappa shape index (κ2) is 7.76. The molecule has 0 saturated heterocycles. The Labute approximate surface area is 162 Å². The number of anilines is 1. The van der Waals surface area contributed by atoms with Gasteiger partial charge in [0.15, 0.2) is 5.82 Å². The molecule has 1 amide bonds. The van der Waals surface area contributed by atoms with Crippen LogP contribution in [0.5, 0.6) is 0 Å². The number of nitrogens with zero attached hydrogens (tertiary/aromatic N) is 2. The first-order chi connectivity index (χ1) is 13.4. The van der Waals surface area contributed by atoms with Gasteiger partial charge in [-0.15, -0.1) is 0 Å². The van der Waals surface area contributed by atoms with Crippen LogP contribution in [-0.2, 0) is 17.4 Å². The van der Waals surface area contributed by atoms with Gasteiger partial charge in [0.1, 0.15) is 5.65 Å². The number of pyridine rings is 1. The number of carbonyl (C=O) groups is 1. The van der Waals surface area contributed by atoms with Crippen LogP contribution in [0, 0.1) is 11.8 Å². The van der Waals surface area contributed by atoms with E-state index < -0.39 is 11.7 Å². The van der Waals surface area contributed by atoms with E-state index >= 15 is 0 Å². The molecule has 2 aromatic rings. The highest BCUT2D eigenvalue weighted by Crippen LogP contribution is 2.34. The van der Waals surface area contributed by atoms with Gasteiger partial charge in [-0.05, 0) is 37.3 Å². The smallest absolute Gasteiger partial charge is 0.309 e. The molecular weight excluding hydrogens is 367 g/mol. The van der Waals surface area contributed by atoms with Gasteiger partial charge in [-0.25, -0.2) is 4.98 Å². The van der Waals surface area contributed by atoms with Crippen molar-refractivity contribution in [2.24, 2.45) is 11.8 Å². The van der Waals surface area contributed by atoms with Crippen molar-refractivity contribution >= 4 is 17.4 Å². The highest BCUT2D eigenvalue weighted by atomic mass is 19.4. The molecule has 2 fully saturated rings. The number of halogens is 3. The molecule has 2 aliphatic rings. The number of rotatable bonds is 4. The van der Waals surface area contributed by atoms with E-state index in [4.69, 9.17) is 0 Å². The van der Waals surface area contributed by atoms with Crippen molar-refractivity contribution < 1.29 is 18.0 Å². The lowest BCUT2D eigenvalue weighted by atomic mass is 9.86. The molecule has 0 aromatic carbocycles. The minimum Gasteiger partial charge on any atom is -0.309 e. The van der Waals surface area contributed by atoms with Gasteiger partial charge in [0.05, 0.1) is 11.3 Å². The predicted octanol–water partition coefficient (Wildman–Crippen LogP) is 5.60. The summed E-state index contributed by atoms with van der Waals surface area (Å²) in [6.07, 6.45) is 6.85. The first-order valence-electron chi connectivity index (χ1n) is 10.3. The standard InChI is InChI=1S/C21H26F3N3O/c22-21(23,24)16-10-11-18-25-19(26-20(28)15-8-4-5-9-15)17(27(18)13-16)12-14-6-2-1-3-7-14/h10-11,13-15H,1-9,12H2,(H,26,28). The van der Waals surface area contributed by atoms with Gasteiger partial charge in [0, 0.05) is 12.1 Å². The molecule has 0 aliphatic heterocycles. The van der Waals surface area contributed by atoms with Crippen LogP contribution in [-0.4, -0.2) is 15.3 Å². The number of hydrogen-bond acceptors (Lipinski definition) is 2. The number of nitrogens with one attached hydrogen (secondary N) is 1. The zero-order chi connectivity index (χ0) is 19.7. The number of fused-ring (bicyclic) bond motifs is 1. The topological polar surface area (TPSA) is 46.4 Å². The third-order valence-electron chi connectivity index (χ3n) is 6.22. The maximum atomic E-state index is 13.2. The number of hydrogen-bond donors (Lipinski definition) is 1. The van der Waals surface area contributed by atoms with Crippen molar-refractivity contribution in [3.63, 3.8) is 0 Å². The summed E-state index contributed by atoms with van der Waals surface area (Å²) in [5, 5.41) is 2.94. The zero-order valence-corrected chi connectivity index (χ0v) is 15.9. The zero-order valence-electron chi connectivity index (χ0n) is 15.9. The van der Waals surface area contributed by atoms with Crippen molar-refractivity contribution in [2.75, 3.05) is 5.32 Å². The fourth-order valence-electron chi connectivity index (χ4n) is 4.63. The van der Waals surface area contributed by atoms with Crippen molar-refractivity contribution in [3.05, 3.63) is 29.6 Å². The van der Waals surface area contributed by atoms with Gasteiger partial charge >= 0.3 is 6.18 Å². The van der Waals surface area contributed by atoms with Crippen LogP contribution >= 0.6 is 0 Å². The van der Waals surface area contributed by atoms with Crippen molar-refractivity contribution in [2.45, 2.75) is 70.4 Å². The average molecular weight is 393 g/mol. The summed E-state index contributed by atoms with van der Waals surface area (Å²) in [6.45, 7) is 0. The van der Waals surface area contributed by atoms with Gasteiger partial charge in [-0.2, -0.15) is 13.2 Å². The molecule has 1 N–H and O–H groups in total. The molecule has 2 heterocycles. The second-order valence-electron chi connectivity index (χ2n) is 8.23. The molecule has 0 radical (unpaired) electrons. The number of alkyl halides is 3. The van der Waals surface area contributed by atoms with Crippen molar-refractivity contribution in [3.8, 4) is 0 Å². The van der Waals surface area contributed by atoms with E-state index in [1.807, 2.05) is 0 Å². The largest absolute Gasteiger partial charge is 0.417 e. The molecule has 4 nitrogen and oxygen atoms in total. The maximum Gasteiger partial charge on any atom is 0.417 e. The van der Waals surface area contributed by atoms with E-state index in [1.165, 1.54) is 16.9 Å². The van der Waals surface area contributed by atoms with Gasteiger partial charge < -0.3 is 9.72 Å². The molecule has 152 valence electrons. The summed E-state index contributed by atoms with van der Waals surface area (Å²) in [6, 6.07) is 2.44. The summed E-state index contributed by atoms with van der Waals surface area (Å²) in [5.41, 5.74) is 0.441. The van der Waals surface area contributed by atoms with E-state index in [-0.39, 0.29) is 11.8 Å². The third-order valence-corrected chi connectivity index (χ3v) is 6.22. The first kappa shape index (κ1) is 19.3. The second-order valence-corrected chi connectivity index (χ2v) is 8.23. The third kappa shape index (κ3) is 4.03. The SMILES string of the molecule is O=C(Nc1nc2ccc(C(F)(F)F)cn2c1CC1CCCCC1)C1CCCC1. The molecule has 0 unspecified atom stereocenters. The van der Waals surface area contributed by atoms with Crippen LogP contribution in [0.1, 0.15) is 69.0 Å². The summed E-state index contributed by atoms with van der Waals surface area (Å²) in [5.74, 6) is 0.784. The Morgan fingerprint density at radius 1 is 1.07 bits per heavy atom. The monoisotopic (exact) mass is 393 g/mol. The molecule has 0 spiro atoms. The van der Waals surface area contributed by atoms with Crippen molar-refractivity contribution in [1.82, 2.24) is 9.38 Å². The van der Waals surface area contributed by atoms with Gasteiger partial charge in [0.2, 0.25) is 5.91 Å². The average Bonchev–Trinajstić information content (AvgIpc) is 3.31. The summed E-state index contributed by atoms with van der Waals surface area (Å²) < 4.78 is 41.2. The number of aromatic nitrogens is 2. The predicted molar refractivity (Wildman–Crippen MR) is 101 cm³/mol. The van der Waals surface area contributed by atoms with E-state index in [9.17, 15) is 18.0 Å². The fraction of sp³-hybridized carbons (Fsp3) is 0.619. The van der Waals surface area contributed by atoms with Gasteiger partial charge in [0.25, 0.3) is 0 Å². The van der Waals surface area contributed by atoms with E-state index in [1.54, 1.807) is 0 Å². The lowest BCUT2D eigenvalue weighted by molar-refractivity contribution is -0.137. The van der Waals surface area contributed by atoms with Crippen LogP contribution < -0.4 is 5.32 Å². The highest BCUT2D eigenvalue weighted by Gasteiger charge is 2.32. The molecule has 28 heavy (non-hydrogen) atoms. The van der Waals surface area contributed by atoms with Crippen LogP contribution in [0.2, 0.25) is 0 Å². The van der Waals surface area contributed by atoms with Crippen LogP contribution in [0.15, 0.2) is 18.3 Å². The quantitative estimate of drug-likeness (QED) is 0.734. The van der Waals surface area contributed by atoms with Gasteiger partial charge in [-0.1, -0.05) is 44.9 Å². The maximum absolute atomic E-state index is 13.2. The molecule has 2 aromatic heterocycles. The number of imidazole rings is 1. The van der Waals surface area contributed by atoms with Crippen LogP contribution in [0.25, 0.3) is 5.65 Å². The Morgan fingerprint density at radius 2 is 1.75 bits per heavy atom. The number of carbonyl (C=O) groups excluding carboxylic acids is 1. The summed E-state index contributed by atoms with van der Waals surface area (Å²) in [7, 11) is 0. The highest BCUT2D eigenvalue weighted by molar-refractivity contribution is 5.92. The summed E-state index contributed by atoms with van der Waals surface area (Å²) >= 11 is 0. The van der Waals surface area contributed by atoms with E-state index in [0.717, 1.165) is 63.6 Å². The fourth-order valence-corrected chi connectivity index (χ4v) is 4.63. The van der Waals surface area contributed by atoms with Crippen LogP contribution in [0.4, 0.5) is 19.0 Å². The minimum atomic E-state index is -4.41. The summed E-state index contributed by atoms with van der Waals surface area (Å²) in [4.78, 5) is 17.1. The number of amides is 1.